The number of hydrazine groups is 1. The Morgan fingerprint density at radius 3 is 2.00 bits per heavy atom. The first kappa shape index (κ1) is 40.5. The maximum atomic E-state index is 14.1. The van der Waals surface area contributed by atoms with E-state index in [0.717, 1.165) is 23.1 Å². The number of alkyl carbamates (subject to hydrolysis) is 1. The van der Waals surface area contributed by atoms with E-state index in [-0.39, 0.29) is 50.3 Å². The average molecular weight is 699 g/mol. The maximum Gasteiger partial charge on any atom is 0.407 e. The van der Waals surface area contributed by atoms with Gasteiger partial charge in [0.15, 0.2) is 0 Å². The predicted octanol–water partition coefficient (Wildman–Crippen LogP) is 7.23. The van der Waals surface area contributed by atoms with Crippen molar-refractivity contribution in [2.24, 2.45) is 23.7 Å². The first-order chi connectivity index (χ1) is 24.7. The summed E-state index contributed by atoms with van der Waals surface area (Å²) >= 11 is 0. The molecule has 3 atom stereocenters. The van der Waals surface area contributed by atoms with E-state index in [9.17, 15) is 19.2 Å². The largest absolute Gasteiger partial charge is 0.445 e. The van der Waals surface area contributed by atoms with Crippen molar-refractivity contribution in [3.8, 4) is 0 Å². The second-order valence-corrected chi connectivity index (χ2v) is 13.2. The molecule has 0 fully saturated rings. The van der Waals surface area contributed by atoms with Crippen molar-refractivity contribution in [1.29, 1.82) is 0 Å². The van der Waals surface area contributed by atoms with E-state index >= 15 is 0 Å². The Hall–Kier alpha value is -4.96. The van der Waals surface area contributed by atoms with Crippen molar-refractivity contribution in [2.45, 2.75) is 73.0 Å². The monoisotopic (exact) mass is 698 g/mol. The van der Waals surface area contributed by atoms with Gasteiger partial charge in [-0.05, 0) is 47.8 Å². The highest BCUT2D eigenvalue weighted by Gasteiger charge is 2.35. The number of hydrogen-bond donors (Lipinski definition) is 3. The molecule has 3 aromatic carbocycles. The van der Waals surface area contributed by atoms with Gasteiger partial charge in [-0.1, -0.05) is 137 Å². The van der Waals surface area contributed by atoms with Crippen LogP contribution in [0.5, 0.6) is 0 Å². The fourth-order valence-electron chi connectivity index (χ4n) is 5.38. The summed E-state index contributed by atoms with van der Waals surface area (Å²) < 4.78 is 5.25. The Kier molecular flexibility index (Phi) is 18.0. The van der Waals surface area contributed by atoms with Crippen LogP contribution in [0.2, 0.25) is 0 Å². The van der Waals surface area contributed by atoms with Crippen LogP contribution in [0.15, 0.2) is 97.1 Å². The molecule has 0 aliphatic heterocycles. The van der Waals surface area contributed by atoms with E-state index in [4.69, 9.17) is 9.57 Å². The van der Waals surface area contributed by atoms with Crippen LogP contribution in [0, 0.1) is 23.7 Å². The van der Waals surface area contributed by atoms with Gasteiger partial charge in [0.2, 0.25) is 17.7 Å². The zero-order valence-electron chi connectivity index (χ0n) is 30.4. The number of rotatable bonds is 20. The van der Waals surface area contributed by atoms with E-state index in [1.54, 1.807) is 0 Å². The van der Waals surface area contributed by atoms with Crippen molar-refractivity contribution >= 4 is 29.9 Å². The standard InChI is InChI=1S/C41H54N4O6/c1-5-32(4)28-45(38(46)25-16-26-42-41(49)50-29-34-19-11-7-12-20-34)43-39(47)37(27-31(2)3)36(24-15-23-33-17-9-6-10-18-33)40(48)44-51-30-35-21-13-8-14-22-35/h6-15,17-23,31-32,36-37H,5,16,24-30H2,1-4H3,(H,42,49)(H,43,47)(H,44,48)/t32-,36-,37+/m0/s1. The van der Waals surface area contributed by atoms with Crippen molar-refractivity contribution in [3.05, 3.63) is 114 Å². The number of carbonyl (C=O) groups excluding carboxylic acids is 4. The summed E-state index contributed by atoms with van der Waals surface area (Å²) in [5.41, 5.74) is 8.23. The quantitative estimate of drug-likeness (QED) is 0.0845. The Morgan fingerprint density at radius 2 is 1.39 bits per heavy atom. The van der Waals surface area contributed by atoms with E-state index in [0.29, 0.717) is 19.4 Å². The molecule has 0 unspecified atom stereocenters. The molecule has 0 aliphatic carbocycles. The van der Waals surface area contributed by atoms with Gasteiger partial charge in [0.25, 0.3) is 0 Å². The van der Waals surface area contributed by atoms with E-state index in [2.05, 4.69) is 16.2 Å². The highest BCUT2D eigenvalue weighted by Crippen LogP contribution is 2.26. The molecule has 0 radical (unpaired) electrons. The fourth-order valence-corrected chi connectivity index (χ4v) is 5.38. The van der Waals surface area contributed by atoms with Gasteiger partial charge in [0.05, 0.1) is 18.4 Å². The van der Waals surface area contributed by atoms with Crippen LogP contribution in [-0.2, 0) is 37.2 Å². The molecule has 10 nitrogen and oxygen atoms in total. The van der Waals surface area contributed by atoms with Gasteiger partial charge in [0, 0.05) is 19.5 Å². The summed E-state index contributed by atoms with van der Waals surface area (Å²) in [5.74, 6) is -2.40. The van der Waals surface area contributed by atoms with E-state index in [1.807, 2.05) is 131 Å². The van der Waals surface area contributed by atoms with Gasteiger partial charge in [-0.25, -0.2) is 10.3 Å². The minimum absolute atomic E-state index is 0.0887. The lowest BCUT2D eigenvalue weighted by atomic mass is 9.82. The number of hydrogen-bond acceptors (Lipinski definition) is 6. The van der Waals surface area contributed by atoms with Crippen LogP contribution in [0.3, 0.4) is 0 Å². The molecule has 0 saturated carbocycles. The Morgan fingerprint density at radius 1 is 0.784 bits per heavy atom. The maximum absolute atomic E-state index is 14.1. The lowest BCUT2D eigenvalue weighted by Crippen LogP contribution is -2.52. The smallest absolute Gasteiger partial charge is 0.407 e. The molecule has 3 N–H and O–H groups in total. The molecule has 0 aliphatic rings. The summed E-state index contributed by atoms with van der Waals surface area (Å²) in [7, 11) is 0. The zero-order valence-corrected chi connectivity index (χ0v) is 30.4. The number of hydroxylamine groups is 1. The molecule has 0 saturated heterocycles. The SMILES string of the molecule is CC[C@H](C)CN(NC(=O)[C@H](CC(C)C)[C@H](CC=Cc1ccccc1)C(=O)NOCc1ccccc1)C(=O)CCCNC(=O)OCc1ccccc1. The second-order valence-electron chi connectivity index (χ2n) is 13.2. The van der Waals surface area contributed by atoms with Gasteiger partial charge in [-0.3, -0.25) is 29.7 Å². The van der Waals surface area contributed by atoms with Crippen LogP contribution < -0.4 is 16.2 Å². The number of amides is 4. The van der Waals surface area contributed by atoms with Crippen LogP contribution in [-0.4, -0.2) is 41.9 Å². The molecule has 0 heterocycles. The Balaban J connectivity index is 1.69. The van der Waals surface area contributed by atoms with Crippen molar-refractivity contribution in [3.63, 3.8) is 0 Å². The number of benzene rings is 3. The molecule has 0 spiro atoms. The molecule has 0 aromatic heterocycles. The molecule has 274 valence electrons. The lowest BCUT2D eigenvalue weighted by molar-refractivity contribution is -0.149. The molecule has 3 rings (SSSR count). The number of ether oxygens (including phenoxy) is 1. The molecule has 51 heavy (non-hydrogen) atoms. The van der Waals surface area contributed by atoms with Gasteiger partial charge in [-0.2, -0.15) is 0 Å². The van der Waals surface area contributed by atoms with E-state index < -0.39 is 29.7 Å². The van der Waals surface area contributed by atoms with Gasteiger partial charge >= 0.3 is 6.09 Å². The number of carbonyl (C=O) groups is 4. The highest BCUT2D eigenvalue weighted by atomic mass is 16.6. The van der Waals surface area contributed by atoms with Crippen molar-refractivity contribution in [1.82, 2.24) is 21.2 Å². The Labute approximate surface area is 302 Å². The van der Waals surface area contributed by atoms with Crippen molar-refractivity contribution in [2.75, 3.05) is 13.1 Å². The molecule has 10 heteroatoms. The minimum atomic E-state index is -0.769. The summed E-state index contributed by atoms with van der Waals surface area (Å²) in [5, 5.41) is 4.06. The number of allylic oxidation sites excluding steroid dienone is 1. The van der Waals surface area contributed by atoms with E-state index in [1.165, 1.54) is 5.01 Å². The van der Waals surface area contributed by atoms with Crippen LogP contribution >= 0.6 is 0 Å². The number of nitrogens with one attached hydrogen (secondary N) is 3. The van der Waals surface area contributed by atoms with Crippen LogP contribution in [0.4, 0.5) is 4.79 Å². The summed E-state index contributed by atoms with van der Waals surface area (Å²) in [6, 6.07) is 28.6. The third kappa shape index (κ3) is 15.6. The molecular weight excluding hydrogens is 644 g/mol. The fraction of sp³-hybridized carbons (Fsp3) is 0.415. The molecule has 3 aromatic rings. The first-order valence-corrected chi connectivity index (χ1v) is 17.9. The van der Waals surface area contributed by atoms with Gasteiger partial charge in [-0.15, -0.1) is 0 Å². The molecule has 0 bridgehead atoms. The third-order valence-electron chi connectivity index (χ3n) is 8.43. The average Bonchev–Trinajstić information content (AvgIpc) is 3.14. The summed E-state index contributed by atoms with van der Waals surface area (Å²) in [6.45, 7) is 8.91. The summed E-state index contributed by atoms with van der Waals surface area (Å²) in [6.07, 6.45) is 5.23. The van der Waals surface area contributed by atoms with Crippen LogP contribution in [0.1, 0.15) is 76.5 Å². The zero-order chi connectivity index (χ0) is 36.8. The van der Waals surface area contributed by atoms with Crippen molar-refractivity contribution < 1.29 is 28.8 Å². The van der Waals surface area contributed by atoms with Gasteiger partial charge < -0.3 is 10.1 Å². The minimum Gasteiger partial charge on any atom is -0.445 e. The third-order valence-corrected chi connectivity index (χ3v) is 8.43. The Bertz CT molecular complexity index is 1500. The summed E-state index contributed by atoms with van der Waals surface area (Å²) in [4.78, 5) is 59.1. The van der Waals surface area contributed by atoms with Crippen LogP contribution in [0.25, 0.3) is 6.08 Å². The predicted molar refractivity (Wildman–Crippen MR) is 199 cm³/mol. The second kappa shape index (κ2) is 22.7. The molecule has 4 amide bonds. The lowest BCUT2D eigenvalue weighted by Gasteiger charge is -2.31. The number of nitrogens with zero attached hydrogens (tertiary/aromatic N) is 1. The topological polar surface area (TPSA) is 126 Å². The highest BCUT2D eigenvalue weighted by molar-refractivity contribution is 5.89. The normalized spacial score (nSPS) is 12.9. The first-order valence-electron chi connectivity index (χ1n) is 17.9. The van der Waals surface area contributed by atoms with Gasteiger partial charge in [0.1, 0.15) is 6.61 Å². The molecular formula is C41H54N4O6.